The van der Waals surface area contributed by atoms with Gasteiger partial charge in [-0.15, -0.1) is 16.8 Å². The molecule has 0 bridgehead atoms. The van der Waals surface area contributed by atoms with Crippen LogP contribution in [0.2, 0.25) is 0 Å². The van der Waals surface area contributed by atoms with Crippen molar-refractivity contribution in [3.8, 4) is 11.4 Å². The molecule has 0 aliphatic carbocycles. The van der Waals surface area contributed by atoms with E-state index >= 15 is 0 Å². The molecule has 2 aromatic rings. The van der Waals surface area contributed by atoms with Crippen LogP contribution in [0.1, 0.15) is 53.0 Å². The van der Waals surface area contributed by atoms with Crippen LogP contribution < -0.4 is 5.32 Å². The minimum Gasteiger partial charge on any atom is -0.353 e. The fourth-order valence-corrected chi connectivity index (χ4v) is 3.73. The van der Waals surface area contributed by atoms with E-state index in [4.69, 9.17) is 0 Å². The molecule has 0 saturated carbocycles. The van der Waals surface area contributed by atoms with Gasteiger partial charge in [0.15, 0.2) is 11.0 Å². The zero-order valence-corrected chi connectivity index (χ0v) is 18.5. The minimum absolute atomic E-state index is 0.0233. The van der Waals surface area contributed by atoms with Crippen LogP contribution in [0.5, 0.6) is 0 Å². The molecule has 1 unspecified atom stereocenters. The topological polar surface area (TPSA) is 59.8 Å². The average Bonchev–Trinajstić information content (AvgIpc) is 3.02. The lowest BCUT2D eigenvalue weighted by Crippen LogP contribution is -2.33. The van der Waals surface area contributed by atoms with Crippen LogP contribution in [-0.2, 0) is 16.8 Å². The van der Waals surface area contributed by atoms with Crippen molar-refractivity contribution >= 4 is 17.7 Å². The Balaban J connectivity index is 2.15. The van der Waals surface area contributed by atoms with Crippen molar-refractivity contribution in [1.82, 2.24) is 20.1 Å². The fourth-order valence-electron chi connectivity index (χ4n) is 2.97. The van der Waals surface area contributed by atoms with E-state index in [1.54, 1.807) is 0 Å². The van der Waals surface area contributed by atoms with E-state index in [1.165, 1.54) is 17.3 Å². The van der Waals surface area contributed by atoms with Gasteiger partial charge in [0.1, 0.15) is 0 Å². The molecule has 0 fully saturated rings. The molecule has 1 heterocycles. The number of carbonyl (C=O) groups is 1. The third-order valence-corrected chi connectivity index (χ3v) is 5.47. The van der Waals surface area contributed by atoms with E-state index in [9.17, 15) is 4.79 Å². The molecule has 28 heavy (non-hydrogen) atoms. The quantitative estimate of drug-likeness (QED) is 0.484. The Bertz CT molecular complexity index is 790. The first-order valence-corrected chi connectivity index (χ1v) is 10.8. The van der Waals surface area contributed by atoms with Gasteiger partial charge in [0.05, 0.1) is 5.75 Å². The molecular weight excluding hydrogens is 368 g/mol. The molecule has 1 amide bonds. The maximum Gasteiger partial charge on any atom is 0.230 e. The Morgan fingerprint density at radius 2 is 1.96 bits per heavy atom. The van der Waals surface area contributed by atoms with Crippen LogP contribution in [0.4, 0.5) is 0 Å². The molecule has 1 aromatic heterocycles. The molecular formula is C22H32N4OS. The highest BCUT2D eigenvalue weighted by atomic mass is 32.2. The molecule has 0 aliphatic heterocycles. The summed E-state index contributed by atoms with van der Waals surface area (Å²) in [5.74, 6) is 1.14. The Morgan fingerprint density at radius 3 is 2.54 bits per heavy atom. The van der Waals surface area contributed by atoms with Gasteiger partial charge in [-0.1, -0.05) is 76.2 Å². The second kappa shape index (κ2) is 9.92. The summed E-state index contributed by atoms with van der Waals surface area (Å²) in [5, 5.41) is 12.4. The highest BCUT2D eigenvalue weighted by Gasteiger charge is 2.17. The van der Waals surface area contributed by atoms with Crippen LogP contribution in [0.25, 0.3) is 11.4 Å². The van der Waals surface area contributed by atoms with Crippen LogP contribution in [-0.4, -0.2) is 32.5 Å². The number of carbonyl (C=O) groups excluding carboxylic acids is 1. The normalized spacial score (nSPS) is 12.6. The number of aromatic nitrogens is 3. The standard InChI is InChI=1S/C22H32N4OS/c1-7-9-16(3)23-19(27)15-28-21-25-24-20(26(21)14-8-2)17-10-12-18(13-11-17)22(4,5)6/h8,10-13,16H,2,7,9,14-15H2,1,3-6H3,(H,23,27). The third kappa shape index (κ3) is 5.96. The molecule has 0 saturated heterocycles. The molecule has 0 spiro atoms. The molecule has 5 nitrogen and oxygen atoms in total. The van der Waals surface area contributed by atoms with Crippen molar-refractivity contribution in [3.63, 3.8) is 0 Å². The molecule has 0 aliphatic rings. The zero-order chi connectivity index (χ0) is 20.7. The lowest BCUT2D eigenvalue weighted by Gasteiger charge is -2.19. The lowest BCUT2D eigenvalue weighted by molar-refractivity contribution is -0.119. The summed E-state index contributed by atoms with van der Waals surface area (Å²) < 4.78 is 2.01. The van der Waals surface area contributed by atoms with E-state index in [-0.39, 0.29) is 17.4 Å². The smallest absolute Gasteiger partial charge is 0.230 e. The summed E-state index contributed by atoms with van der Waals surface area (Å²) in [4.78, 5) is 12.2. The van der Waals surface area contributed by atoms with Crippen LogP contribution in [0.3, 0.4) is 0 Å². The number of thioether (sulfide) groups is 1. The van der Waals surface area contributed by atoms with Crippen molar-refractivity contribution in [2.45, 2.75) is 70.6 Å². The van der Waals surface area contributed by atoms with Gasteiger partial charge in [-0.05, 0) is 24.3 Å². The van der Waals surface area contributed by atoms with E-state index < -0.39 is 0 Å². The van der Waals surface area contributed by atoms with Crippen molar-refractivity contribution in [1.29, 1.82) is 0 Å². The maximum absolute atomic E-state index is 12.2. The molecule has 1 N–H and O–H groups in total. The number of nitrogens with zero attached hydrogens (tertiary/aromatic N) is 3. The molecule has 0 radical (unpaired) electrons. The third-order valence-electron chi connectivity index (χ3n) is 4.50. The summed E-state index contributed by atoms with van der Waals surface area (Å²) in [6, 6.07) is 8.63. The fraction of sp³-hybridized carbons (Fsp3) is 0.500. The van der Waals surface area contributed by atoms with Gasteiger partial charge in [-0.2, -0.15) is 0 Å². The van der Waals surface area contributed by atoms with E-state index in [0.29, 0.717) is 12.3 Å². The lowest BCUT2D eigenvalue weighted by atomic mass is 9.87. The summed E-state index contributed by atoms with van der Waals surface area (Å²) in [6.07, 6.45) is 3.86. The number of rotatable bonds is 9. The molecule has 1 atom stereocenters. The largest absolute Gasteiger partial charge is 0.353 e. The Hall–Kier alpha value is -2.08. The Kier molecular flexibility index (Phi) is 7.87. The zero-order valence-electron chi connectivity index (χ0n) is 17.7. The number of allylic oxidation sites excluding steroid dienone is 1. The van der Waals surface area contributed by atoms with Gasteiger partial charge < -0.3 is 5.32 Å². The predicted molar refractivity (Wildman–Crippen MR) is 118 cm³/mol. The summed E-state index contributed by atoms with van der Waals surface area (Å²) >= 11 is 1.41. The number of hydrogen-bond acceptors (Lipinski definition) is 4. The first-order chi connectivity index (χ1) is 13.3. The minimum atomic E-state index is 0.0233. The number of hydrogen-bond donors (Lipinski definition) is 1. The van der Waals surface area contributed by atoms with Gasteiger partial charge in [-0.3, -0.25) is 9.36 Å². The van der Waals surface area contributed by atoms with Gasteiger partial charge in [-0.25, -0.2) is 0 Å². The second-order valence-electron chi connectivity index (χ2n) is 8.08. The average molecular weight is 401 g/mol. The maximum atomic E-state index is 12.2. The Labute approximate surface area is 173 Å². The van der Waals surface area contributed by atoms with Gasteiger partial charge in [0.25, 0.3) is 0 Å². The molecule has 6 heteroatoms. The van der Waals surface area contributed by atoms with Crippen molar-refractivity contribution in [3.05, 3.63) is 42.5 Å². The predicted octanol–water partition coefficient (Wildman–Crippen LogP) is 4.83. The second-order valence-corrected chi connectivity index (χ2v) is 9.02. The van der Waals surface area contributed by atoms with Crippen LogP contribution >= 0.6 is 11.8 Å². The van der Waals surface area contributed by atoms with Crippen molar-refractivity contribution < 1.29 is 4.79 Å². The van der Waals surface area contributed by atoms with E-state index in [2.05, 4.69) is 74.1 Å². The first-order valence-electron chi connectivity index (χ1n) is 9.83. The monoisotopic (exact) mass is 400 g/mol. The number of benzene rings is 1. The SMILES string of the molecule is C=CCn1c(SCC(=O)NC(C)CCC)nnc1-c1ccc(C(C)(C)C)cc1. The van der Waals surface area contributed by atoms with Gasteiger partial charge in [0.2, 0.25) is 5.91 Å². The highest BCUT2D eigenvalue weighted by Crippen LogP contribution is 2.27. The van der Waals surface area contributed by atoms with E-state index in [0.717, 1.165) is 29.4 Å². The first kappa shape index (κ1) is 22.2. The molecule has 152 valence electrons. The van der Waals surface area contributed by atoms with E-state index in [1.807, 2.05) is 17.6 Å². The van der Waals surface area contributed by atoms with Gasteiger partial charge >= 0.3 is 0 Å². The summed E-state index contributed by atoms with van der Waals surface area (Å²) in [7, 11) is 0. The highest BCUT2D eigenvalue weighted by molar-refractivity contribution is 7.99. The summed E-state index contributed by atoms with van der Waals surface area (Å²) in [5.41, 5.74) is 2.39. The van der Waals surface area contributed by atoms with Crippen LogP contribution in [0.15, 0.2) is 42.1 Å². The number of nitrogens with one attached hydrogen (secondary N) is 1. The van der Waals surface area contributed by atoms with Gasteiger partial charge in [0, 0.05) is 18.2 Å². The van der Waals surface area contributed by atoms with Crippen LogP contribution in [0, 0.1) is 0 Å². The molecule has 2 rings (SSSR count). The van der Waals surface area contributed by atoms with Crippen molar-refractivity contribution in [2.75, 3.05) is 5.75 Å². The van der Waals surface area contributed by atoms with Crippen molar-refractivity contribution in [2.24, 2.45) is 0 Å². The summed E-state index contributed by atoms with van der Waals surface area (Å²) in [6.45, 7) is 15.2. The Morgan fingerprint density at radius 1 is 1.29 bits per heavy atom. The number of amides is 1. The molecule has 1 aromatic carbocycles.